The molecule has 0 radical (unpaired) electrons. The SMILES string of the molecule is CC(NCC(C)(O)CN(C)C)C(=O)O. The molecule has 0 aromatic heterocycles. The molecule has 0 bridgehead atoms. The van der Waals surface area contributed by atoms with E-state index in [1.165, 1.54) is 0 Å². The molecular formula is C9H20N2O3. The minimum absolute atomic E-state index is 0.263. The second kappa shape index (κ2) is 5.29. The molecule has 0 heterocycles. The first-order valence-corrected chi connectivity index (χ1v) is 4.58. The Morgan fingerprint density at radius 1 is 1.57 bits per heavy atom. The highest BCUT2D eigenvalue weighted by atomic mass is 16.4. The Hall–Kier alpha value is -0.650. The third-order valence-electron chi connectivity index (χ3n) is 1.82. The van der Waals surface area contributed by atoms with Crippen LogP contribution < -0.4 is 5.32 Å². The lowest BCUT2D eigenvalue weighted by atomic mass is 10.1. The van der Waals surface area contributed by atoms with Gasteiger partial charge in [-0.2, -0.15) is 0 Å². The van der Waals surface area contributed by atoms with Gasteiger partial charge in [-0.1, -0.05) is 0 Å². The summed E-state index contributed by atoms with van der Waals surface area (Å²) in [5, 5.41) is 21.2. The average molecular weight is 204 g/mol. The second-order valence-electron chi connectivity index (χ2n) is 4.18. The highest BCUT2D eigenvalue weighted by molar-refractivity contribution is 5.72. The number of hydrogen-bond donors (Lipinski definition) is 3. The summed E-state index contributed by atoms with van der Waals surface area (Å²) in [6, 6.07) is -0.636. The number of carboxylic acid groups (broad SMARTS) is 1. The van der Waals surface area contributed by atoms with Crippen LogP contribution in [0.3, 0.4) is 0 Å². The lowest BCUT2D eigenvalue weighted by Crippen LogP contribution is -2.49. The zero-order valence-electron chi connectivity index (χ0n) is 9.24. The van der Waals surface area contributed by atoms with Crippen molar-refractivity contribution in [3.05, 3.63) is 0 Å². The Labute approximate surface area is 84.7 Å². The largest absolute Gasteiger partial charge is 0.480 e. The molecule has 5 heteroatoms. The number of carbonyl (C=O) groups is 1. The zero-order valence-corrected chi connectivity index (χ0v) is 9.24. The van der Waals surface area contributed by atoms with Crippen molar-refractivity contribution in [1.82, 2.24) is 10.2 Å². The van der Waals surface area contributed by atoms with Gasteiger partial charge in [-0.25, -0.2) is 0 Å². The topological polar surface area (TPSA) is 72.8 Å². The predicted octanol–water partition coefficient (Wildman–Crippen LogP) is -0.638. The first kappa shape index (κ1) is 13.4. The number of likely N-dealkylation sites (N-methyl/N-ethyl adjacent to an activating group) is 1. The molecule has 0 aliphatic heterocycles. The Kier molecular flexibility index (Phi) is 5.04. The summed E-state index contributed by atoms with van der Waals surface area (Å²) in [6.07, 6.45) is 0. The molecule has 14 heavy (non-hydrogen) atoms. The molecule has 3 N–H and O–H groups in total. The average Bonchev–Trinajstić information content (AvgIpc) is 1.97. The molecule has 0 spiro atoms. The number of nitrogens with zero attached hydrogens (tertiary/aromatic N) is 1. The molecule has 5 nitrogen and oxygen atoms in total. The molecule has 0 rings (SSSR count). The molecule has 84 valence electrons. The minimum atomic E-state index is -0.911. The standard InChI is InChI=1S/C9H20N2O3/c1-7(8(12)13)10-5-9(2,14)6-11(3)4/h7,10,14H,5-6H2,1-4H3,(H,12,13). The van der Waals surface area contributed by atoms with E-state index in [9.17, 15) is 9.90 Å². The van der Waals surface area contributed by atoms with Crippen molar-refractivity contribution < 1.29 is 15.0 Å². The van der Waals surface area contributed by atoms with Crippen molar-refractivity contribution in [3.8, 4) is 0 Å². The summed E-state index contributed by atoms with van der Waals surface area (Å²) in [6.45, 7) is 3.98. The molecule has 0 aromatic rings. The smallest absolute Gasteiger partial charge is 0.320 e. The first-order chi connectivity index (χ1) is 6.24. The summed E-state index contributed by atoms with van der Waals surface area (Å²) in [4.78, 5) is 12.3. The third-order valence-corrected chi connectivity index (χ3v) is 1.82. The van der Waals surface area contributed by atoms with E-state index in [2.05, 4.69) is 5.32 Å². The van der Waals surface area contributed by atoms with Crippen molar-refractivity contribution in [2.75, 3.05) is 27.2 Å². The van der Waals surface area contributed by atoms with E-state index >= 15 is 0 Å². The van der Waals surface area contributed by atoms with Gasteiger partial charge < -0.3 is 20.4 Å². The Bertz CT molecular complexity index is 192. The van der Waals surface area contributed by atoms with E-state index in [0.29, 0.717) is 6.54 Å². The van der Waals surface area contributed by atoms with E-state index in [1.807, 2.05) is 19.0 Å². The van der Waals surface area contributed by atoms with Crippen LogP contribution in [0.2, 0.25) is 0 Å². The maximum atomic E-state index is 10.5. The van der Waals surface area contributed by atoms with Crippen LogP contribution in [-0.2, 0) is 4.79 Å². The van der Waals surface area contributed by atoms with Gasteiger partial charge in [-0.3, -0.25) is 4.79 Å². The van der Waals surface area contributed by atoms with Gasteiger partial charge in [0, 0.05) is 13.1 Å². The minimum Gasteiger partial charge on any atom is -0.480 e. The maximum Gasteiger partial charge on any atom is 0.320 e. The lowest BCUT2D eigenvalue weighted by Gasteiger charge is -2.28. The third kappa shape index (κ3) is 5.90. The van der Waals surface area contributed by atoms with Crippen LogP contribution in [0.4, 0.5) is 0 Å². The summed E-state index contributed by atoms with van der Waals surface area (Å²) in [5.41, 5.74) is -0.910. The first-order valence-electron chi connectivity index (χ1n) is 4.58. The van der Waals surface area contributed by atoms with E-state index in [0.717, 1.165) is 0 Å². The van der Waals surface area contributed by atoms with E-state index in [-0.39, 0.29) is 6.54 Å². The number of rotatable bonds is 6. The Morgan fingerprint density at radius 3 is 2.43 bits per heavy atom. The van der Waals surface area contributed by atoms with Crippen LogP contribution in [-0.4, -0.2) is 59.9 Å². The molecule has 0 saturated heterocycles. The van der Waals surface area contributed by atoms with Crippen molar-refractivity contribution in [3.63, 3.8) is 0 Å². The van der Waals surface area contributed by atoms with Gasteiger partial charge in [0.15, 0.2) is 0 Å². The van der Waals surface area contributed by atoms with Crippen molar-refractivity contribution in [1.29, 1.82) is 0 Å². The van der Waals surface area contributed by atoms with Gasteiger partial charge >= 0.3 is 5.97 Å². The van der Waals surface area contributed by atoms with Crippen LogP contribution >= 0.6 is 0 Å². The van der Waals surface area contributed by atoms with E-state index in [4.69, 9.17) is 5.11 Å². The number of carboxylic acids is 1. The predicted molar refractivity (Wildman–Crippen MR) is 54.3 cm³/mol. The van der Waals surface area contributed by atoms with Crippen molar-refractivity contribution in [2.24, 2.45) is 0 Å². The van der Waals surface area contributed by atoms with Crippen LogP contribution in [0.1, 0.15) is 13.8 Å². The van der Waals surface area contributed by atoms with Gasteiger partial charge in [0.25, 0.3) is 0 Å². The summed E-state index contributed by atoms with van der Waals surface area (Å²) >= 11 is 0. The second-order valence-corrected chi connectivity index (χ2v) is 4.18. The van der Waals surface area contributed by atoms with Gasteiger partial charge in [0.1, 0.15) is 6.04 Å². The lowest BCUT2D eigenvalue weighted by molar-refractivity contribution is -0.139. The summed E-state index contributed by atoms with van der Waals surface area (Å²) < 4.78 is 0. The molecular weight excluding hydrogens is 184 g/mol. The highest BCUT2D eigenvalue weighted by Gasteiger charge is 2.23. The Balaban J connectivity index is 3.92. The van der Waals surface area contributed by atoms with E-state index in [1.54, 1.807) is 13.8 Å². The van der Waals surface area contributed by atoms with Crippen molar-refractivity contribution in [2.45, 2.75) is 25.5 Å². The molecule has 2 unspecified atom stereocenters. The monoisotopic (exact) mass is 204 g/mol. The number of aliphatic carboxylic acids is 1. The fourth-order valence-electron chi connectivity index (χ4n) is 1.20. The quantitative estimate of drug-likeness (QED) is 0.537. The highest BCUT2D eigenvalue weighted by Crippen LogP contribution is 2.02. The molecule has 0 aliphatic carbocycles. The van der Waals surface area contributed by atoms with Gasteiger partial charge in [-0.15, -0.1) is 0 Å². The normalized spacial score (nSPS) is 17.9. The molecule has 0 aliphatic rings. The molecule has 2 atom stereocenters. The number of hydrogen-bond acceptors (Lipinski definition) is 4. The molecule has 0 saturated carbocycles. The summed E-state index contributed by atoms with van der Waals surface area (Å²) in [7, 11) is 3.71. The van der Waals surface area contributed by atoms with Crippen LogP contribution in [0.15, 0.2) is 0 Å². The van der Waals surface area contributed by atoms with Crippen molar-refractivity contribution >= 4 is 5.97 Å². The van der Waals surface area contributed by atoms with Gasteiger partial charge in [0.05, 0.1) is 5.60 Å². The summed E-state index contributed by atoms with van der Waals surface area (Å²) in [5.74, 6) is -0.911. The zero-order chi connectivity index (χ0) is 11.4. The number of nitrogens with one attached hydrogen (secondary N) is 1. The number of aliphatic hydroxyl groups is 1. The molecule has 0 amide bonds. The van der Waals surface area contributed by atoms with E-state index < -0.39 is 17.6 Å². The van der Waals surface area contributed by atoms with Gasteiger partial charge in [-0.05, 0) is 27.9 Å². The Morgan fingerprint density at radius 2 is 2.07 bits per heavy atom. The van der Waals surface area contributed by atoms with Crippen LogP contribution in [0.5, 0.6) is 0 Å². The molecule has 0 fully saturated rings. The maximum absolute atomic E-state index is 10.5. The molecule has 0 aromatic carbocycles. The van der Waals surface area contributed by atoms with Crippen LogP contribution in [0, 0.1) is 0 Å². The fraction of sp³-hybridized carbons (Fsp3) is 0.889. The fourth-order valence-corrected chi connectivity index (χ4v) is 1.20. The van der Waals surface area contributed by atoms with Crippen LogP contribution in [0.25, 0.3) is 0 Å². The van der Waals surface area contributed by atoms with Gasteiger partial charge in [0.2, 0.25) is 0 Å².